The topological polar surface area (TPSA) is 36.4 Å². The van der Waals surface area contributed by atoms with Crippen molar-refractivity contribution in [3.63, 3.8) is 0 Å². The van der Waals surface area contributed by atoms with Crippen LogP contribution in [0.15, 0.2) is 23.9 Å². The molecule has 0 aliphatic carbocycles. The Morgan fingerprint density at radius 2 is 2.16 bits per heavy atom. The average Bonchev–Trinajstić information content (AvgIpc) is 2.38. The zero-order chi connectivity index (χ0) is 14.0. The van der Waals surface area contributed by atoms with Crippen molar-refractivity contribution in [3.05, 3.63) is 34.5 Å². The van der Waals surface area contributed by atoms with Gasteiger partial charge in [0.2, 0.25) is 0 Å². The number of hydrogen-bond donors (Lipinski definition) is 1. The molecule has 0 aromatic carbocycles. The second-order valence-electron chi connectivity index (χ2n) is 5.97. The standard InChI is InChI=1S/C15H21ClN2O/c1-15(2,3)12-4-6-18(7-5-12)14-8-11(10-19)13(16)9-17-14/h4,8-9,19H,5-7,10H2,1-3H3. The van der Waals surface area contributed by atoms with Crippen molar-refractivity contribution in [1.82, 2.24) is 4.98 Å². The van der Waals surface area contributed by atoms with E-state index in [9.17, 15) is 5.11 Å². The summed E-state index contributed by atoms with van der Waals surface area (Å²) >= 11 is 5.97. The zero-order valence-corrected chi connectivity index (χ0v) is 12.5. The Morgan fingerprint density at radius 3 is 2.68 bits per heavy atom. The fourth-order valence-corrected chi connectivity index (χ4v) is 2.48. The van der Waals surface area contributed by atoms with E-state index in [2.05, 4.69) is 36.7 Å². The van der Waals surface area contributed by atoms with Gasteiger partial charge in [-0.3, -0.25) is 0 Å². The van der Waals surface area contributed by atoms with Crippen molar-refractivity contribution < 1.29 is 5.11 Å². The van der Waals surface area contributed by atoms with Crippen LogP contribution in [-0.4, -0.2) is 23.2 Å². The van der Waals surface area contributed by atoms with Crippen molar-refractivity contribution >= 4 is 17.4 Å². The lowest BCUT2D eigenvalue weighted by atomic mass is 9.83. The van der Waals surface area contributed by atoms with Crippen LogP contribution in [0.1, 0.15) is 32.8 Å². The molecule has 1 N–H and O–H groups in total. The van der Waals surface area contributed by atoms with Gasteiger partial charge in [-0.2, -0.15) is 0 Å². The van der Waals surface area contributed by atoms with E-state index in [-0.39, 0.29) is 12.0 Å². The lowest BCUT2D eigenvalue weighted by molar-refractivity contribution is 0.282. The van der Waals surface area contributed by atoms with E-state index in [1.165, 1.54) is 5.57 Å². The summed E-state index contributed by atoms with van der Waals surface area (Å²) in [5.74, 6) is 0.887. The van der Waals surface area contributed by atoms with E-state index >= 15 is 0 Å². The Hall–Kier alpha value is -1.06. The second-order valence-corrected chi connectivity index (χ2v) is 6.37. The van der Waals surface area contributed by atoms with Crippen molar-refractivity contribution in [3.8, 4) is 0 Å². The normalized spacial score (nSPS) is 16.5. The summed E-state index contributed by atoms with van der Waals surface area (Å²) in [6, 6.07) is 1.87. The van der Waals surface area contributed by atoms with Gasteiger partial charge < -0.3 is 10.0 Å². The predicted octanol–water partition coefficient (Wildman–Crippen LogP) is 3.41. The average molecular weight is 281 g/mol. The molecule has 19 heavy (non-hydrogen) atoms. The molecule has 0 bridgehead atoms. The van der Waals surface area contributed by atoms with Crippen LogP contribution in [0.5, 0.6) is 0 Å². The molecule has 0 unspecified atom stereocenters. The number of hydrogen-bond acceptors (Lipinski definition) is 3. The van der Waals surface area contributed by atoms with E-state index in [0.29, 0.717) is 5.02 Å². The van der Waals surface area contributed by atoms with Crippen LogP contribution in [0, 0.1) is 5.41 Å². The Morgan fingerprint density at radius 1 is 1.42 bits per heavy atom. The Kier molecular flexibility index (Phi) is 4.16. The van der Waals surface area contributed by atoms with Gasteiger partial charge >= 0.3 is 0 Å². The molecule has 0 amide bonds. The molecule has 1 aromatic heterocycles. The maximum Gasteiger partial charge on any atom is 0.129 e. The lowest BCUT2D eigenvalue weighted by Crippen LogP contribution is -2.31. The molecule has 0 radical (unpaired) electrons. The van der Waals surface area contributed by atoms with Crippen LogP contribution < -0.4 is 4.90 Å². The van der Waals surface area contributed by atoms with E-state index in [1.54, 1.807) is 6.20 Å². The summed E-state index contributed by atoms with van der Waals surface area (Å²) in [6.07, 6.45) is 4.96. The second kappa shape index (κ2) is 5.51. The van der Waals surface area contributed by atoms with E-state index < -0.39 is 0 Å². The smallest absolute Gasteiger partial charge is 0.129 e. The summed E-state index contributed by atoms with van der Waals surface area (Å²) in [5.41, 5.74) is 2.48. The number of anilines is 1. The maximum atomic E-state index is 9.25. The molecular weight excluding hydrogens is 260 g/mol. The van der Waals surface area contributed by atoms with Gasteiger partial charge in [0, 0.05) is 24.8 Å². The summed E-state index contributed by atoms with van der Waals surface area (Å²) < 4.78 is 0. The van der Waals surface area contributed by atoms with Gasteiger partial charge in [0.05, 0.1) is 11.6 Å². The maximum absolute atomic E-state index is 9.25. The quantitative estimate of drug-likeness (QED) is 0.844. The highest BCUT2D eigenvalue weighted by Crippen LogP contribution is 2.31. The molecule has 0 spiro atoms. The van der Waals surface area contributed by atoms with Gasteiger partial charge in [0.1, 0.15) is 5.82 Å². The molecule has 1 aliphatic heterocycles. The number of aliphatic hydroxyl groups is 1. The minimum absolute atomic E-state index is 0.0503. The number of nitrogens with zero attached hydrogens (tertiary/aromatic N) is 2. The van der Waals surface area contributed by atoms with Crippen LogP contribution in [0.25, 0.3) is 0 Å². The molecule has 0 saturated carbocycles. The first kappa shape index (κ1) is 14.4. The third-order valence-electron chi connectivity index (χ3n) is 3.59. The van der Waals surface area contributed by atoms with Crippen molar-refractivity contribution in [2.45, 2.75) is 33.8 Å². The Balaban J connectivity index is 2.16. The predicted molar refractivity (Wildman–Crippen MR) is 79.5 cm³/mol. The first-order chi connectivity index (χ1) is 8.91. The number of halogens is 1. The largest absolute Gasteiger partial charge is 0.392 e. The molecular formula is C15H21ClN2O. The van der Waals surface area contributed by atoms with Gasteiger partial charge in [0.25, 0.3) is 0 Å². The van der Waals surface area contributed by atoms with Gasteiger partial charge in [-0.05, 0) is 17.9 Å². The zero-order valence-electron chi connectivity index (χ0n) is 11.8. The molecule has 1 aromatic rings. The molecule has 104 valence electrons. The minimum Gasteiger partial charge on any atom is -0.392 e. The monoisotopic (exact) mass is 280 g/mol. The fraction of sp³-hybridized carbons (Fsp3) is 0.533. The van der Waals surface area contributed by atoms with Crippen molar-refractivity contribution in [2.24, 2.45) is 5.41 Å². The Bertz CT molecular complexity index is 491. The minimum atomic E-state index is -0.0503. The van der Waals surface area contributed by atoms with E-state index in [0.717, 1.165) is 30.9 Å². The van der Waals surface area contributed by atoms with E-state index in [4.69, 9.17) is 11.6 Å². The fourth-order valence-electron chi connectivity index (χ4n) is 2.32. The SMILES string of the molecule is CC(C)(C)C1=CCN(c2cc(CO)c(Cl)cn2)CC1. The molecule has 2 heterocycles. The first-order valence-electron chi connectivity index (χ1n) is 6.61. The van der Waals surface area contributed by atoms with Gasteiger partial charge in [0.15, 0.2) is 0 Å². The molecule has 0 atom stereocenters. The van der Waals surface area contributed by atoms with Crippen LogP contribution >= 0.6 is 11.6 Å². The molecule has 2 rings (SSSR count). The Labute approximate surface area is 119 Å². The molecule has 0 fully saturated rings. The third kappa shape index (κ3) is 3.28. The number of aromatic nitrogens is 1. The highest BCUT2D eigenvalue weighted by atomic mass is 35.5. The number of rotatable bonds is 2. The molecule has 0 saturated heterocycles. The molecule has 3 nitrogen and oxygen atoms in total. The highest BCUT2D eigenvalue weighted by molar-refractivity contribution is 6.31. The highest BCUT2D eigenvalue weighted by Gasteiger charge is 2.22. The summed E-state index contributed by atoms with van der Waals surface area (Å²) in [5, 5.41) is 9.77. The van der Waals surface area contributed by atoms with Crippen LogP contribution in [-0.2, 0) is 6.61 Å². The van der Waals surface area contributed by atoms with E-state index in [1.807, 2.05) is 6.07 Å². The lowest BCUT2D eigenvalue weighted by Gasteiger charge is -2.33. The van der Waals surface area contributed by atoms with Crippen molar-refractivity contribution in [1.29, 1.82) is 0 Å². The number of aliphatic hydroxyl groups excluding tert-OH is 1. The van der Waals surface area contributed by atoms with Crippen LogP contribution in [0.2, 0.25) is 5.02 Å². The third-order valence-corrected chi connectivity index (χ3v) is 3.93. The van der Waals surface area contributed by atoms with Gasteiger partial charge in [-0.25, -0.2) is 4.98 Å². The van der Waals surface area contributed by atoms with Gasteiger partial charge in [-0.15, -0.1) is 0 Å². The summed E-state index contributed by atoms with van der Waals surface area (Å²) in [7, 11) is 0. The van der Waals surface area contributed by atoms with Crippen LogP contribution in [0.3, 0.4) is 0 Å². The number of pyridine rings is 1. The van der Waals surface area contributed by atoms with Crippen LogP contribution in [0.4, 0.5) is 5.82 Å². The van der Waals surface area contributed by atoms with Gasteiger partial charge in [-0.1, -0.05) is 44.0 Å². The van der Waals surface area contributed by atoms with Crippen molar-refractivity contribution in [2.75, 3.05) is 18.0 Å². The molecule has 4 heteroatoms. The summed E-state index contributed by atoms with van der Waals surface area (Å²) in [6.45, 7) is 8.52. The molecule has 1 aliphatic rings. The summed E-state index contributed by atoms with van der Waals surface area (Å²) in [4.78, 5) is 6.56. The first-order valence-corrected chi connectivity index (χ1v) is 6.99.